The Morgan fingerprint density at radius 2 is 2.07 bits per heavy atom. The highest BCUT2D eigenvalue weighted by atomic mass is 16.5. The Morgan fingerprint density at radius 3 is 2.85 bits per heavy atom. The van der Waals surface area contributed by atoms with Crippen LogP contribution in [0.5, 0.6) is 5.75 Å². The van der Waals surface area contributed by atoms with Gasteiger partial charge in [-0.3, -0.25) is 0 Å². The molecule has 0 fully saturated rings. The van der Waals surface area contributed by atoms with E-state index in [1.165, 1.54) is 0 Å². The zero-order valence-electron chi connectivity index (χ0n) is 14.9. The first-order chi connectivity index (χ1) is 13.1. The van der Waals surface area contributed by atoms with E-state index in [0.29, 0.717) is 24.6 Å². The first kappa shape index (κ1) is 17.1. The van der Waals surface area contributed by atoms with Crippen molar-refractivity contribution in [3.63, 3.8) is 0 Å². The fraction of sp³-hybridized carbons (Fsp3) is 0.238. The number of hydrogen-bond donors (Lipinski definition) is 1. The van der Waals surface area contributed by atoms with E-state index in [4.69, 9.17) is 9.15 Å². The quantitative estimate of drug-likeness (QED) is 0.709. The van der Waals surface area contributed by atoms with Crippen molar-refractivity contribution in [2.45, 2.75) is 26.3 Å². The molecule has 2 heterocycles. The van der Waals surface area contributed by atoms with E-state index in [9.17, 15) is 14.7 Å². The van der Waals surface area contributed by atoms with E-state index in [2.05, 4.69) is 6.92 Å². The van der Waals surface area contributed by atoms with Gasteiger partial charge in [-0.1, -0.05) is 19.4 Å². The summed E-state index contributed by atoms with van der Waals surface area (Å²) in [4.78, 5) is 25.2. The van der Waals surface area contributed by atoms with Crippen molar-refractivity contribution >= 4 is 22.6 Å². The Bertz CT molecular complexity index is 1090. The van der Waals surface area contributed by atoms with Crippen LogP contribution in [-0.2, 0) is 13.0 Å². The number of carbonyl (C=O) groups is 1. The maximum atomic E-state index is 12.0. The number of aromatic carboxylic acids is 1. The molecule has 0 saturated heterocycles. The Balaban J connectivity index is 1.79. The van der Waals surface area contributed by atoms with Gasteiger partial charge in [-0.25, -0.2) is 9.59 Å². The second-order valence-electron chi connectivity index (χ2n) is 6.59. The van der Waals surface area contributed by atoms with Crippen molar-refractivity contribution in [1.82, 2.24) is 0 Å². The van der Waals surface area contributed by atoms with Gasteiger partial charge in [0, 0.05) is 17.1 Å². The average molecular weight is 365 g/mol. The Hall–Kier alpha value is -3.28. The van der Waals surface area contributed by atoms with Gasteiger partial charge in [-0.15, -0.1) is 0 Å². The van der Waals surface area contributed by atoms with E-state index in [1.807, 2.05) is 23.1 Å². The lowest BCUT2D eigenvalue weighted by atomic mass is 10.0. The molecule has 6 heteroatoms. The van der Waals surface area contributed by atoms with E-state index in [1.54, 1.807) is 24.3 Å². The average Bonchev–Trinajstić information content (AvgIpc) is 2.67. The molecule has 4 rings (SSSR count). The summed E-state index contributed by atoms with van der Waals surface area (Å²) >= 11 is 0. The Morgan fingerprint density at radius 1 is 1.22 bits per heavy atom. The molecule has 0 amide bonds. The number of benzene rings is 2. The minimum Gasteiger partial charge on any atom is -0.478 e. The summed E-state index contributed by atoms with van der Waals surface area (Å²) < 4.78 is 11.4. The first-order valence-corrected chi connectivity index (χ1v) is 8.86. The molecule has 0 saturated carbocycles. The molecule has 0 atom stereocenters. The van der Waals surface area contributed by atoms with Crippen LogP contribution >= 0.6 is 0 Å². The third kappa shape index (κ3) is 3.14. The molecule has 138 valence electrons. The summed E-state index contributed by atoms with van der Waals surface area (Å²) in [6.07, 6.45) is 1.73. The monoisotopic (exact) mass is 365 g/mol. The fourth-order valence-corrected chi connectivity index (χ4v) is 3.48. The summed E-state index contributed by atoms with van der Waals surface area (Å²) in [6.45, 7) is 2.83. The number of hydrogen-bond acceptors (Lipinski definition) is 5. The summed E-state index contributed by atoms with van der Waals surface area (Å²) in [5, 5.41) is 10.1. The van der Waals surface area contributed by atoms with E-state index in [-0.39, 0.29) is 11.2 Å². The molecule has 0 bridgehead atoms. The highest BCUT2D eigenvalue weighted by molar-refractivity contribution is 5.89. The standard InChI is InChI=1S/C21H19NO5/c1-2-4-13-10-19(23)27-20-16(13)7-8-18-17(20)11-22(12-26-18)15-6-3-5-14(9-15)21(24)25/h3,5-10H,2,4,11-12H2,1H3,(H,24,25). The normalized spacial score (nSPS) is 13.3. The van der Waals surface area contributed by atoms with Crippen LogP contribution in [0.25, 0.3) is 11.0 Å². The van der Waals surface area contributed by atoms with Crippen LogP contribution < -0.4 is 15.3 Å². The predicted molar refractivity (Wildman–Crippen MR) is 102 cm³/mol. The van der Waals surface area contributed by atoms with Gasteiger partial charge in [0.2, 0.25) is 0 Å². The van der Waals surface area contributed by atoms with Crippen LogP contribution in [0, 0.1) is 0 Å². The van der Waals surface area contributed by atoms with Crippen molar-refractivity contribution in [1.29, 1.82) is 0 Å². The number of ether oxygens (including phenoxy) is 1. The van der Waals surface area contributed by atoms with Crippen LogP contribution in [0.1, 0.15) is 34.8 Å². The third-order valence-corrected chi connectivity index (χ3v) is 4.76. The third-order valence-electron chi connectivity index (χ3n) is 4.76. The lowest BCUT2D eigenvalue weighted by Crippen LogP contribution is -2.32. The van der Waals surface area contributed by atoms with Gasteiger partial charge in [0.05, 0.1) is 17.7 Å². The molecule has 0 aliphatic carbocycles. The van der Waals surface area contributed by atoms with E-state index in [0.717, 1.165) is 35.0 Å². The minimum absolute atomic E-state index is 0.216. The first-order valence-electron chi connectivity index (χ1n) is 8.86. The maximum Gasteiger partial charge on any atom is 0.336 e. The molecular formula is C21H19NO5. The van der Waals surface area contributed by atoms with Crippen molar-refractivity contribution in [3.05, 3.63) is 69.6 Å². The number of carboxylic acid groups (broad SMARTS) is 1. The number of fused-ring (bicyclic) bond motifs is 3. The van der Waals surface area contributed by atoms with Gasteiger partial charge in [0.25, 0.3) is 0 Å². The SMILES string of the molecule is CCCc1cc(=O)oc2c3c(ccc12)OCN(c1cccc(C(=O)O)c1)C3. The molecule has 1 aromatic heterocycles. The molecule has 6 nitrogen and oxygen atoms in total. The topological polar surface area (TPSA) is 80.0 Å². The fourth-order valence-electron chi connectivity index (χ4n) is 3.48. The molecule has 3 aromatic rings. The van der Waals surface area contributed by atoms with Crippen LogP contribution in [-0.4, -0.2) is 17.8 Å². The second kappa shape index (κ2) is 6.79. The van der Waals surface area contributed by atoms with Crippen molar-refractivity contribution < 1.29 is 19.1 Å². The molecule has 1 aliphatic heterocycles. The van der Waals surface area contributed by atoms with Gasteiger partial charge in [0.15, 0.2) is 6.73 Å². The van der Waals surface area contributed by atoms with Gasteiger partial charge >= 0.3 is 11.6 Å². The highest BCUT2D eigenvalue weighted by Gasteiger charge is 2.23. The van der Waals surface area contributed by atoms with Crippen LogP contribution in [0.3, 0.4) is 0 Å². The summed E-state index contributed by atoms with van der Waals surface area (Å²) in [5.41, 5.74) is 2.90. The number of rotatable bonds is 4. The molecular weight excluding hydrogens is 346 g/mol. The lowest BCUT2D eigenvalue weighted by Gasteiger charge is -2.31. The molecule has 1 aliphatic rings. The van der Waals surface area contributed by atoms with E-state index >= 15 is 0 Å². The smallest absolute Gasteiger partial charge is 0.336 e. The number of anilines is 1. The van der Waals surface area contributed by atoms with Crippen molar-refractivity contribution in [2.24, 2.45) is 0 Å². The molecule has 0 unspecified atom stereocenters. The minimum atomic E-state index is -0.976. The number of aryl methyl sites for hydroxylation is 1. The van der Waals surface area contributed by atoms with Crippen LogP contribution in [0.4, 0.5) is 5.69 Å². The van der Waals surface area contributed by atoms with Gasteiger partial charge in [0.1, 0.15) is 11.3 Å². The zero-order valence-corrected chi connectivity index (χ0v) is 14.9. The van der Waals surface area contributed by atoms with Crippen LogP contribution in [0.15, 0.2) is 51.7 Å². The summed E-state index contributed by atoms with van der Waals surface area (Å²) in [7, 11) is 0. The Labute approximate surface area is 155 Å². The van der Waals surface area contributed by atoms with Crippen LogP contribution in [0.2, 0.25) is 0 Å². The molecule has 2 aromatic carbocycles. The van der Waals surface area contributed by atoms with E-state index < -0.39 is 5.97 Å². The van der Waals surface area contributed by atoms with Gasteiger partial charge in [-0.2, -0.15) is 0 Å². The second-order valence-corrected chi connectivity index (χ2v) is 6.59. The summed E-state index contributed by atoms with van der Waals surface area (Å²) in [5.74, 6) is -0.291. The number of carboxylic acids is 1. The van der Waals surface area contributed by atoms with Crippen molar-refractivity contribution in [2.75, 3.05) is 11.6 Å². The lowest BCUT2D eigenvalue weighted by molar-refractivity contribution is 0.0697. The maximum absolute atomic E-state index is 12.0. The zero-order chi connectivity index (χ0) is 19.0. The summed E-state index contributed by atoms with van der Waals surface area (Å²) in [6, 6.07) is 12.1. The van der Waals surface area contributed by atoms with Gasteiger partial charge in [-0.05, 0) is 42.3 Å². The molecule has 27 heavy (non-hydrogen) atoms. The molecule has 1 N–H and O–H groups in total. The predicted octanol–water partition coefficient (Wildman–Crippen LogP) is 3.80. The largest absolute Gasteiger partial charge is 0.478 e. The molecule has 0 spiro atoms. The van der Waals surface area contributed by atoms with Gasteiger partial charge < -0.3 is 19.2 Å². The highest BCUT2D eigenvalue weighted by Crippen LogP contribution is 2.35. The molecule has 0 radical (unpaired) electrons. The Kier molecular flexibility index (Phi) is 4.32. The number of nitrogens with zero attached hydrogens (tertiary/aromatic N) is 1. The van der Waals surface area contributed by atoms with Crippen molar-refractivity contribution in [3.8, 4) is 5.75 Å².